The molecule has 0 fully saturated rings. The minimum atomic E-state index is -0.966. The van der Waals surface area contributed by atoms with Crippen LogP contribution in [0.3, 0.4) is 0 Å². The minimum absolute atomic E-state index is 0.121. The van der Waals surface area contributed by atoms with Gasteiger partial charge in [-0.25, -0.2) is 19.2 Å². The molecule has 2 unspecified atom stereocenters. The molecule has 123 heavy (non-hydrogen) atoms. The van der Waals surface area contributed by atoms with E-state index in [2.05, 4.69) is 86.5 Å². The number of nitrogen functional groups attached to an aromatic ring is 3. The standard InChI is InChI=1S/C19H19Cl2N5O6.2C18H17Cl2N5O6.C16H17BrN6O6/c1-11(31-19(27)32-14-4-2-12(3-5-14)10-30-26(28)29)25-7-6-23-18(25)24-17-15(20)8-13(22)9-16(17)21;19-14-7-12(21)8-15(20)16(14)23-17-22-5-6-24(17)10-29-18(26)31-13-3-1-11(2-4-13)9-30-25(27)28;19-14-7-12(21)8-15(20)16(14)23-17-22-4-5-24(17)10-29-18(26)31-13-3-1-2-11(6-13)9-30-25(27)28;1-10(29-16(24)27-8-9-28-23(25)26)22-7-6-20-15(22)21-11-2-3-12-14(13(11)17)19-5-4-18-12/h2-5,8-9,11H,6-7,10,22H2,1H3,(H,23,24);1-4,7-8H,5-6,9-10,21H2,(H,22,23);1-3,6-8H,4-5,9-10,21H2,(H,22,23);2-5,10H,6-9H2,1H3,(H,20,21). The molecule has 4 aliphatic rings. The highest BCUT2D eigenvalue weighted by Crippen LogP contribution is 2.37. The summed E-state index contributed by atoms with van der Waals surface area (Å²) in [5.41, 5.74) is 23.4. The third kappa shape index (κ3) is 29.4. The van der Waals surface area contributed by atoms with Gasteiger partial charge in [0.05, 0.1) is 89.1 Å². The molecule has 45 nitrogen and oxygen atoms in total. The number of aromatic nitrogens is 2. The van der Waals surface area contributed by atoms with E-state index in [4.69, 9.17) is 125 Å². The number of nitrogens with zero attached hydrogens (tertiary/aromatic N) is 14. The van der Waals surface area contributed by atoms with Gasteiger partial charge < -0.3 is 115 Å². The number of anilines is 7. The topological polar surface area (TPSA) is 566 Å². The highest BCUT2D eigenvalue weighted by molar-refractivity contribution is 9.10. The number of halogens is 7. The largest absolute Gasteiger partial charge is 0.515 e. The van der Waals surface area contributed by atoms with Gasteiger partial charge in [0.15, 0.2) is 25.9 Å². The molecule has 1 aromatic heterocycles. The number of benzene rings is 7. The Morgan fingerprint density at radius 3 is 1.29 bits per heavy atom. The quantitative estimate of drug-likeness (QED) is 0.00455. The van der Waals surface area contributed by atoms with Gasteiger partial charge in [0.25, 0.3) is 20.3 Å². The fraction of sp³-hybridized carbons (Fsp3) is 0.268. The van der Waals surface area contributed by atoms with Gasteiger partial charge in [-0.3, -0.25) is 29.9 Å². The Hall–Kier alpha value is -13.5. The summed E-state index contributed by atoms with van der Waals surface area (Å²) in [5, 5.41) is 51.3. The second kappa shape index (κ2) is 45.7. The van der Waals surface area contributed by atoms with E-state index < -0.39 is 57.4 Å². The molecule has 4 aliphatic heterocycles. The highest BCUT2D eigenvalue weighted by Gasteiger charge is 2.30. The van der Waals surface area contributed by atoms with Gasteiger partial charge in [0.1, 0.15) is 55.8 Å². The number of guanidine groups is 4. The van der Waals surface area contributed by atoms with Crippen molar-refractivity contribution in [3.8, 4) is 17.2 Å². The van der Waals surface area contributed by atoms with E-state index in [0.717, 1.165) is 15.7 Å². The maximum Gasteiger partial charge on any atom is 0.515 e. The first-order valence-electron chi connectivity index (χ1n) is 35.5. The van der Waals surface area contributed by atoms with Crippen molar-refractivity contribution in [2.75, 3.05) is 118 Å². The van der Waals surface area contributed by atoms with Crippen LogP contribution in [0.25, 0.3) is 11.0 Å². The zero-order valence-electron chi connectivity index (χ0n) is 63.9. The van der Waals surface area contributed by atoms with E-state index in [0.29, 0.717) is 163 Å². The van der Waals surface area contributed by atoms with Crippen LogP contribution in [0, 0.1) is 40.5 Å². The first-order valence-corrected chi connectivity index (χ1v) is 38.6. The predicted molar refractivity (Wildman–Crippen MR) is 450 cm³/mol. The smallest absolute Gasteiger partial charge is 0.432 e. The average Bonchev–Trinajstić information content (AvgIpc) is 1.79. The normalized spacial score (nSPS) is 13.4. The lowest BCUT2D eigenvalue weighted by atomic mass is 10.2. The minimum Gasteiger partial charge on any atom is -0.432 e. The third-order valence-corrected chi connectivity index (χ3v) is 18.9. The fourth-order valence-corrected chi connectivity index (χ4v) is 13.0. The number of nitrogens with two attached hydrogens (primary N) is 3. The summed E-state index contributed by atoms with van der Waals surface area (Å²) < 4.78 is 41.6. The molecule has 0 amide bonds. The second-order valence-corrected chi connectivity index (χ2v) is 28.0. The van der Waals surface area contributed by atoms with E-state index in [1.54, 1.807) is 94.4 Å². The molecule has 2 atom stereocenters. The molecule has 0 bridgehead atoms. The summed E-state index contributed by atoms with van der Waals surface area (Å²) in [6.45, 7) is 5.70. The van der Waals surface area contributed by atoms with Gasteiger partial charge in [-0.2, -0.15) is 0 Å². The van der Waals surface area contributed by atoms with E-state index in [1.165, 1.54) is 60.7 Å². The molecule has 10 N–H and O–H groups in total. The molecule has 0 aliphatic carbocycles. The van der Waals surface area contributed by atoms with Crippen LogP contribution in [0.15, 0.2) is 158 Å². The van der Waals surface area contributed by atoms with Crippen molar-refractivity contribution in [3.05, 3.63) is 225 Å². The van der Waals surface area contributed by atoms with Gasteiger partial charge in [0, 0.05) is 55.6 Å². The molecule has 652 valence electrons. The maximum absolute atomic E-state index is 12.2. The molecule has 0 spiro atoms. The molecule has 52 heteroatoms. The van der Waals surface area contributed by atoms with Crippen LogP contribution in [0.5, 0.6) is 17.2 Å². The molecule has 0 saturated carbocycles. The molecule has 0 radical (unpaired) electrons. The number of hydrogen-bond donors (Lipinski definition) is 7. The van der Waals surface area contributed by atoms with Crippen LogP contribution in [-0.2, 0) is 62.9 Å². The van der Waals surface area contributed by atoms with Gasteiger partial charge in [-0.15, -0.1) is 40.5 Å². The summed E-state index contributed by atoms with van der Waals surface area (Å²) in [5.74, 6) is 2.37. The summed E-state index contributed by atoms with van der Waals surface area (Å²) in [7, 11) is 0. The average molecular weight is 1890 g/mol. The number of nitrogens with one attached hydrogen (secondary N) is 4. The number of aliphatic imine (C=N–C) groups is 4. The lowest BCUT2D eigenvalue weighted by molar-refractivity contribution is -0.763. The summed E-state index contributed by atoms with van der Waals surface area (Å²) in [6, 6.07) is 31.1. The van der Waals surface area contributed by atoms with Crippen molar-refractivity contribution >= 4 is 185 Å². The first kappa shape index (κ1) is 93.3. The van der Waals surface area contributed by atoms with Gasteiger partial charge in [-0.05, 0) is 131 Å². The zero-order chi connectivity index (χ0) is 88.8. The number of ether oxygens (including phenoxy) is 8. The van der Waals surface area contributed by atoms with Crippen molar-refractivity contribution in [2.24, 2.45) is 20.0 Å². The molecule has 7 aromatic carbocycles. The number of rotatable bonds is 28. The van der Waals surface area contributed by atoms with E-state index >= 15 is 0 Å². The van der Waals surface area contributed by atoms with Crippen molar-refractivity contribution in [3.63, 3.8) is 0 Å². The van der Waals surface area contributed by atoms with Crippen LogP contribution in [0.2, 0.25) is 30.1 Å². The van der Waals surface area contributed by atoms with Gasteiger partial charge in [-0.1, -0.05) is 106 Å². The maximum atomic E-state index is 12.2. The molecule has 0 saturated heterocycles. The molecular weight excluding hydrogens is 1820 g/mol. The van der Waals surface area contributed by atoms with E-state index in [9.17, 15) is 59.6 Å². The SMILES string of the molecule is CC(OC(=O)OCCO[N+](=O)[O-])N1CCN=C1Nc1ccc2nccnc2c1Br.CC(OC(=O)Oc1ccc(CO[N+](=O)[O-])cc1)N1CCN=C1Nc1c(Cl)cc(N)cc1Cl.Nc1cc(Cl)c(NC2=NCCN2COC(=O)Oc2ccc(CO[N+](=O)[O-])cc2)c(Cl)c1.Nc1cc(Cl)c(NC2=NCCN2COC(=O)Oc2cccc(CO[N+](=O)[O-])c2)c(Cl)c1. The Balaban J connectivity index is 0.000000186. The van der Waals surface area contributed by atoms with Crippen LogP contribution < -0.4 is 52.7 Å². The monoisotopic (exact) mass is 1890 g/mol. The van der Waals surface area contributed by atoms with Crippen molar-refractivity contribution in [1.82, 2.24) is 29.6 Å². The van der Waals surface area contributed by atoms with Crippen molar-refractivity contribution in [2.45, 2.75) is 46.1 Å². The third-order valence-electron chi connectivity index (χ3n) is 16.3. The predicted octanol–water partition coefficient (Wildman–Crippen LogP) is 13.2. The molecular formula is C71H70BrCl6N21O24. The number of carbonyl (C=O) groups is 4. The lowest BCUT2D eigenvalue weighted by Gasteiger charge is -2.27. The Morgan fingerprint density at radius 2 is 0.837 bits per heavy atom. The summed E-state index contributed by atoms with van der Waals surface area (Å²) in [4.78, 5) is 138. The highest BCUT2D eigenvalue weighted by atomic mass is 79.9. The fourth-order valence-electron chi connectivity index (χ4n) is 10.7. The van der Waals surface area contributed by atoms with Gasteiger partial charge >= 0.3 is 24.6 Å². The van der Waals surface area contributed by atoms with Crippen molar-refractivity contribution < 1.29 is 96.8 Å². The Morgan fingerprint density at radius 1 is 0.447 bits per heavy atom. The summed E-state index contributed by atoms with van der Waals surface area (Å²) >= 11 is 40.7. The Labute approximate surface area is 733 Å². The number of hydrogen-bond acceptors (Lipinski definition) is 41. The van der Waals surface area contributed by atoms with E-state index in [1.807, 2.05) is 12.1 Å². The van der Waals surface area contributed by atoms with Crippen LogP contribution in [0.1, 0.15) is 30.5 Å². The second-order valence-electron chi connectivity index (χ2n) is 24.8. The summed E-state index contributed by atoms with van der Waals surface area (Å²) in [6.07, 6.45) is -1.94. The van der Waals surface area contributed by atoms with Gasteiger partial charge in [0.2, 0.25) is 23.8 Å². The molecule has 5 heterocycles. The molecule has 12 rings (SSSR count). The molecule has 8 aromatic rings. The van der Waals surface area contributed by atoms with Crippen LogP contribution in [-0.4, -0.2) is 190 Å². The Kier molecular flexibility index (Phi) is 34.7. The van der Waals surface area contributed by atoms with Crippen LogP contribution in [0.4, 0.5) is 59.0 Å². The first-order chi connectivity index (χ1) is 58.8. The zero-order valence-corrected chi connectivity index (χ0v) is 70.0. The Bertz CT molecular complexity index is 5210. The number of fused-ring (bicyclic) bond motifs is 1. The lowest BCUT2D eigenvalue weighted by Crippen LogP contribution is -2.42. The van der Waals surface area contributed by atoms with Crippen molar-refractivity contribution in [1.29, 1.82) is 0 Å². The number of carbonyl (C=O) groups excluding carboxylic acids is 4. The van der Waals surface area contributed by atoms with E-state index in [-0.39, 0.29) is 63.7 Å². The van der Waals surface area contributed by atoms with Crippen LogP contribution >= 0.6 is 85.5 Å².